The Morgan fingerprint density at radius 2 is 2.05 bits per heavy atom. The lowest BCUT2D eigenvalue weighted by atomic mass is 10.2. The highest BCUT2D eigenvalue weighted by molar-refractivity contribution is 5.79. The van der Waals surface area contributed by atoms with Gasteiger partial charge in [-0.05, 0) is 45.6 Å². The van der Waals surface area contributed by atoms with E-state index in [2.05, 4.69) is 41.4 Å². The molecule has 0 aliphatic heterocycles. The summed E-state index contributed by atoms with van der Waals surface area (Å²) in [5, 5.41) is 6.69. The molecule has 1 aliphatic rings. The Kier molecular flexibility index (Phi) is 9.42. The van der Waals surface area contributed by atoms with E-state index >= 15 is 0 Å². The van der Waals surface area contributed by atoms with Crippen molar-refractivity contribution in [1.29, 1.82) is 0 Å². The van der Waals surface area contributed by atoms with Crippen LogP contribution in [0.15, 0.2) is 4.99 Å². The number of nitrogens with zero attached hydrogens (tertiary/aromatic N) is 2. The summed E-state index contributed by atoms with van der Waals surface area (Å²) in [6.45, 7) is 9.13. The molecule has 0 aromatic carbocycles. The molecule has 0 radical (unpaired) electrons. The minimum atomic E-state index is 0.630. The Labute approximate surface area is 130 Å². The van der Waals surface area contributed by atoms with Crippen LogP contribution in [0.4, 0.5) is 0 Å². The highest BCUT2D eigenvalue weighted by Gasteiger charge is 2.20. The molecule has 1 unspecified atom stereocenters. The van der Waals surface area contributed by atoms with Crippen molar-refractivity contribution in [3.63, 3.8) is 0 Å². The number of nitrogens with one attached hydrogen (secondary N) is 2. The van der Waals surface area contributed by atoms with E-state index in [4.69, 9.17) is 4.74 Å². The fourth-order valence-corrected chi connectivity index (χ4v) is 2.02. The van der Waals surface area contributed by atoms with Crippen molar-refractivity contribution < 1.29 is 4.74 Å². The molecule has 0 aromatic heterocycles. The maximum Gasteiger partial charge on any atom is 0.191 e. The number of guanidine groups is 1. The normalized spacial score (nSPS) is 17.1. The summed E-state index contributed by atoms with van der Waals surface area (Å²) < 4.78 is 5.62. The smallest absolute Gasteiger partial charge is 0.191 e. The van der Waals surface area contributed by atoms with Crippen molar-refractivity contribution in [1.82, 2.24) is 15.5 Å². The van der Waals surface area contributed by atoms with E-state index in [0.717, 1.165) is 51.1 Å². The van der Waals surface area contributed by atoms with Gasteiger partial charge in [-0.25, -0.2) is 0 Å². The first kappa shape index (κ1) is 18.2. The molecule has 0 bridgehead atoms. The molecule has 0 amide bonds. The minimum Gasteiger partial charge on any atom is -0.381 e. The van der Waals surface area contributed by atoms with Gasteiger partial charge in [0.15, 0.2) is 5.96 Å². The second-order valence-electron chi connectivity index (χ2n) is 6.04. The van der Waals surface area contributed by atoms with Gasteiger partial charge >= 0.3 is 0 Å². The Bertz CT molecular complexity index is 292. The summed E-state index contributed by atoms with van der Waals surface area (Å²) in [6.07, 6.45) is 4.93. The first-order valence-electron chi connectivity index (χ1n) is 8.39. The van der Waals surface area contributed by atoms with Crippen molar-refractivity contribution in [2.75, 3.05) is 46.9 Å². The molecule has 5 heteroatoms. The highest BCUT2D eigenvalue weighted by atomic mass is 16.5. The number of hydrogen-bond donors (Lipinski definition) is 2. The average Bonchev–Trinajstić information content (AvgIpc) is 3.31. The Balaban J connectivity index is 1.97. The molecule has 21 heavy (non-hydrogen) atoms. The fraction of sp³-hybridized carbons (Fsp3) is 0.938. The van der Waals surface area contributed by atoms with E-state index in [0.29, 0.717) is 6.04 Å². The molecule has 0 saturated heterocycles. The first-order valence-corrected chi connectivity index (χ1v) is 8.39. The van der Waals surface area contributed by atoms with Crippen LogP contribution in [0.2, 0.25) is 0 Å². The van der Waals surface area contributed by atoms with Crippen LogP contribution in [0.3, 0.4) is 0 Å². The third-order valence-corrected chi connectivity index (χ3v) is 4.13. The molecule has 1 fully saturated rings. The second-order valence-corrected chi connectivity index (χ2v) is 6.04. The lowest BCUT2D eigenvalue weighted by Gasteiger charge is -2.23. The molecule has 0 heterocycles. The van der Waals surface area contributed by atoms with Crippen LogP contribution in [-0.4, -0.2) is 63.8 Å². The summed E-state index contributed by atoms with van der Waals surface area (Å²) >= 11 is 0. The number of rotatable bonds is 11. The molecule has 124 valence electrons. The summed E-state index contributed by atoms with van der Waals surface area (Å²) in [5.41, 5.74) is 0. The molecule has 1 rings (SSSR count). The molecule has 1 saturated carbocycles. The predicted molar refractivity (Wildman–Crippen MR) is 89.9 cm³/mol. The van der Waals surface area contributed by atoms with Crippen LogP contribution in [-0.2, 0) is 4.74 Å². The van der Waals surface area contributed by atoms with Crippen molar-refractivity contribution in [3.05, 3.63) is 0 Å². The van der Waals surface area contributed by atoms with Gasteiger partial charge in [0.2, 0.25) is 0 Å². The topological polar surface area (TPSA) is 48.9 Å². The molecule has 2 N–H and O–H groups in total. The molecule has 5 nitrogen and oxygen atoms in total. The van der Waals surface area contributed by atoms with E-state index in [1.54, 1.807) is 0 Å². The van der Waals surface area contributed by atoms with Gasteiger partial charge in [-0.3, -0.25) is 4.99 Å². The van der Waals surface area contributed by atoms with Gasteiger partial charge in [-0.1, -0.05) is 6.92 Å². The quantitative estimate of drug-likeness (QED) is 0.346. The van der Waals surface area contributed by atoms with Crippen molar-refractivity contribution in [2.45, 2.75) is 45.6 Å². The van der Waals surface area contributed by atoms with Crippen LogP contribution in [0.5, 0.6) is 0 Å². The van der Waals surface area contributed by atoms with Crippen molar-refractivity contribution in [2.24, 2.45) is 10.9 Å². The summed E-state index contributed by atoms with van der Waals surface area (Å²) in [6, 6.07) is 0.630. The predicted octanol–water partition coefficient (Wildman–Crippen LogP) is 1.70. The third-order valence-electron chi connectivity index (χ3n) is 4.13. The van der Waals surface area contributed by atoms with Crippen molar-refractivity contribution in [3.8, 4) is 0 Å². The Morgan fingerprint density at radius 1 is 1.33 bits per heavy atom. The van der Waals surface area contributed by atoms with E-state index in [9.17, 15) is 0 Å². The summed E-state index contributed by atoms with van der Waals surface area (Å²) in [7, 11) is 3.99. The molecule has 1 aliphatic carbocycles. The number of likely N-dealkylation sites (N-methyl/N-ethyl adjacent to an activating group) is 1. The molecule has 1 atom stereocenters. The van der Waals surface area contributed by atoms with Crippen LogP contribution in [0.1, 0.15) is 39.5 Å². The van der Waals surface area contributed by atoms with Crippen LogP contribution in [0.25, 0.3) is 0 Å². The molecule has 0 aromatic rings. The van der Waals surface area contributed by atoms with Gasteiger partial charge in [0, 0.05) is 45.9 Å². The van der Waals surface area contributed by atoms with Gasteiger partial charge in [0.1, 0.15) is 0 Å². The zero-order valence-corrected chi connectivity index (χ0v) is 14.3. The molecule has 0 spiro atoms. The lowest BCUT2D eigenvalue weighted by molar-refractivity contribution is 0.123. The summed E-state index contributed by atoms with van der Waals surface area (Å²) in [5.74, 6) is 1.74. The van der Waals surface area contributed by atoms with E-state index in [1.807, 2.05) is 7.05 Å². The van der Waals surface area contributed by atoms with Gasteiger partial charge in [0.25, 0.3) is 0 Å². The average molecular weight is 298 g/mol. The molecular weight excluding hydrogens is 264 g/mol. The zero-order chi connectivity index (χ0) is 15.5. The number of hydrogen-bond acceptors (Lipinski definition) is 3. The van der Waals surface area contributed by atoms with Crippen LogP contribution in [0, 0.1) is 5.92 Å². The van der Waals surface area contributed by atoms with Crippen LogP contribution < -0.4 is 10.6 Å². The van der Waals surface area contributed by atoms with Gasteiger partial charge in [-0.2, -0.15) is 0 Å². The largest absolute Gasteiger partial charge is 0.381 e. The van der Waals surface area contributed by atoms with E-state index in [1.165, 1.54) is 19.3 Å². The summed E-state index contributed by atoms with van der Waals surface area (Å²) in [4.78, 5) is 6.61. The molecular formula is C16H34N4O. The standard InChI is InChI=1S/C16H34N4O/c1-5-14(2)20(4)11-10-19-16(17-3)18-9-6-12-21-13-15-7-8-15/h14-15H,5-13H2,1-4H3,(H2,17,18,19). The zero-order valence-electron chi connectivity index (χ0n) is 14.3. The second kappa shape index (κ2) is 10.9. The first-order chi connectivity index (χ1) is 10.2. The third kappa shape index (κ3) is 8.94. The van der Waals surface area contributed by atoms with E-state index < -0.39 is 0 Å². The SMILES string of the molecule is CCC(C)N(C)CCNC(=NC)NCCCOCC1CC1. The minimum absolute atomic E-state index is 0.630. The fourth-order valence-electron chi connectivity index (χ4n) is 2.02. The van der Waals surface area contributed by atoms with Crippen LogP contribution >= 0.6 is 0 Å². The van der Waals surface area contributed by atoms with Gasteiger partial charge in [0.05, 0.1) is 0 Å². The highest BCUT2D eigenvalue weighted by Crippen LogP contribution is 2.28. The lowest BCUT2D eigenvalue weighted by Crippen LogP contribution is -2.42. The Hall–Kier alpha value is -0.810. The van der Waals surface area contributed by atoms with Crippen molar-refractivity contribution >= 4 is 5.96 Å². The van der Waals surface area contributed by atoms with Gasteiger partial charge in [-0.15, -0.1) is 0 Å². The maximum absolute atomic E-state index is 5.62. The number of aliphatic imine (C=N–C) groups is 1. The monoisotopic (exact) mass is 298 g/mol. The number of ether oxygens (including phenoxy) is 1. The van der Waals surface area contributed by atoms with Gasteiger partial charge < -0.3 is 20.3 Å². The van der Waals surface area contributed by atoms with E-state index in [-0.39, 0.29) is 0 Å². The maximum atomic E-state index is 5.62. The Morgan fingerprint density at radius 3 is 2.67 bits per heavy atom.